The Morgan fingerprint density at radius 3 is 2.18 bits per heavy atom. The van der Waals surface area contributed by atoms with E-state index in [2.05, 4.69) is 5.32 Å². The van der Waals surface area contributed by atoms with Crippen LogP contribution in [0.15, 0.2) is 11.6 Å². The van der Waals surface area contributed by atoms with Gasteiger partial charge in [-0.05, 0) is 5.57 Å². The monoisotopic (exact) mass is 499 g/mol. The highest BCUT2D eigenvalue weighted by Crippen LogP contribution is 2.27. The van der Waals surface area contributed by atoms with Crippen molar-refractivity contribution in [1.82, 2.24) is 5.32 Å². The molecule has 1 aliphatic heterocycles. The molecule has 2 aliphatic rings. The van der Waals surface area contributed by atoms with E-state index in [0.29, 0.717) is 0 Å². The minimum absolute atomic E-state index is 0.0209. The van der Waals surface area contributed by atoms with Crippen molar-refractivity contribution in [2.24, 2.45) is 0 Å². The lowest BCUT2D eigenvalue weighted by Gasteiger charge is -2.46. The highest BCUT2D eigenvalue weighted by molar-refractivity contribution is 5.56. The van der Waals surface area contributed by atoms with Crippen molar-refractivity contribution in [3.8, 4) is 0 Å². The normalized spacial score (nSPS) is 40.2. The smallest absolute Gasteiger partial charge is 0.187 e. The van der Waals surface area contributed by atoms with Crippen LogP contribution in [0.2, 0.25) is 0 Å². The van der Waals surface area contributed by atoms with Gasteiger partial charge in [0.05, 0.1) is 31.9 Å². The van der Waals surface area contributed by atoms with Gasteiger partial charge in [0, 0.05) is 0 Å². The fraction of sp³-hybridized carbons (Fsp3) is 0.842. The van der Waals surface area contributed by atoms with Crippen molar-refractivity contribution in [2.45, 2.75) is 79.4 Å². The van der Waals surface area contributed by atoms with Crippen LogP contribution >= 0.6 is 0 Å². The molecule has 1 fully saturated rings. The average molecular weight is 499 g/mol. The summed E-state index contributed by atoms with van der Waals surface area (Å²) in [4.78, 5) is 10.8. The minimum atomic E-state index is -2.05. The van der Waals surface area contributed by atoms with Crippen LogP contribution in [0.5, 0.6) is 0 Å². The SMILES string of the molecule is O=CC(O)C(O)C(OC1OC(CO)C(NC2C=C(CO)C(O)C(O)C2O)C(O)C1O)C(O)CO. The lowest BCUT2D eigenvalue weighted by atomic mass is 9.86. The van der Waals surface area contributed by atoms with E-state index in [1.165, 1.54) is 6.08 Å². The summed E-state index contributed by atoms with van der Waals surface area (Å²) in [7, 11) is 0. The molecule has 1 heterocycles. The van der Waals surface area contributed by atoms with Gasteiger partial charge in [0.25, 0.3) is 0 Å². The van der Waals surface area contributed by atoms with Gasteiger partial charge in [-0.1, -0.05) is 6.08 Å². The third-order valence-electron chi connectivity index (χ3n) is 5.95. The standard InChI is InChI=1S/C19H33NO14/c21-2-6-1-7(13(28)16(31)12(6)27)20-11-10(5-24)33-19(17(32)15(11)30)34-18(9(26)4-23)14(29)8(25)3-22/h1,3,7-21,23-32H,2,4-5H2. The molecule has 198 valence electrons. The van der Waals surface area contributed by atoms with E-state index in [0.717, 1.165) is 0 Å². The Balaban J connectivity index is 2.21. The molecule has 0 amide bonds. The lowest BCUT2D eigenvalue weighted by molar-refractivity contribution is -0.312. The molecule has 2 rings (SSSR count). The van der Waals surface area contributed by atoms with Crippen molar-refractivity contribution in [2.75, 3.05) is 19.8 Å². The van der Waals surface area contributed by atoms with Crippen molar-refractivity contribution >= 4 is 6.29 Å². The highest BCUT2D eigenvalue weighted by atomic mass is 16.7. The topological polar surface area (TPSA) is 270 Å². The molecule has 0 spiro atoms. The Labute approximate surface area is 193 Å². The molecule has 12 N–H and O–H groups in total. The van der Waals surface area contributed by atoms with E-state index in [-0.39, 0.29) is 11.9 Å². The molecule has 0 bridgehead atoms. The molecular formula is C19H33NO14. The number of carbonyl (C=O) groups excluding carboxylic acids is 1. The van der Waals surface area contributed by atoms with E-state index in [9.17, 15) is 61.0 Å². The molecule has 13 atom stereocenters. The van der Waals surface area contributed by atoms with Crippen LogP contribution in [0.25, 0.3) is 0 Å². The van der Waals surface area contributed by atoms with Gasteiger partial charge in [-0.15, -0.1) is 0 Å². The van der Waals surface area contributed by atoms with Crippen molar-refractivity contribution in [3.63, 3.8) is 0 Å². The number of aliphatic hydroxyl groups excluding tert-OH is 11. The fourth-order valence-electron chi connectivity index (χ4n) is 3.90. The maximum absolute atomic E-state index is 10.8. The Bertz CT molecular complexity index is 679. The number of nitrogens with one attached hydrogen (secondary N) is 1. The quantitative estimate of drug-likeness (QED) is 0.0929. The van der Waals surface area contributed by atoms with Gasteiger partial charge < -0.3 is 75.8 Å². The van der Waals surface area contributed by atoms with Gasteiger partial charge >= 0.3 is 0 Å². The van der Waals surface area contributed by atoms with Crippen molar-refractivity contribution in [3.05, 3.63) is 11.6 Å². The number of ether oxygens (including phenoxy) is 2. The molecule has 1 saturated heterocycles. The van der Waals surface area contributed by atoms with Gasteiger partial charge in [-0.25, -0.2) is 0 Å². The first-order valence-electron chi connectivity index (χ1n) is 10.5. The van der Waals surface area contributed by atoms with Crippen LogP contribution < -0.4 is 5.32 Å². The van der Waals surface area contributed by atoms with Crippen LogP contribution in [0.4, 0.5) is 0 Å². The van der Waals surface area contributed by atoms with Crippen molar-refractivity contribution < 1.29 is 70.4 Å². The van der Waals surface area contributed by atoms with E-state index in [4.69, 9.17) is 9.47 Å². The average Bonchev–Trinajstić information content (AvgIpc) is 2.84. The number of rotatable bonds is 11. The molecule has 13 unspecified atom stereocenters. The first-order chi connectivity index (χ1) is 16.0. The molecule has 0 radical (unpaired) electrons. The summed E-state index contributed by atoms with van der Waals surface area (Å²) in [5.74, 6) is 0. The molecule has 1 aliphatic carbocycles. The van der Waals surface area contributed by atoms with Gasteiger partial charge in [0.15, 0.2) is 12.6 Å². The molecule has 0 aromatic heterocycles. The maximum atomic E-state index is 10.8. The van der Waals surface area contributed by atoms with E-state index >= 15 is 0 Å². The summed E-state index contributed by atoms with van der Waals surface area (Å²) < 4.78 is 10.7. The molecular weight excluding hydrogens is 466 g/mol. The van der Waals surface area contributed by atoms with E-state index in [1.807, 2.05) is 0 Å². The van der Waals surface area contributed by atoms with Crippen LogP contribution in [-0.4, -0.2) is 162 Å². The Morgan fingerprint density at radius 1 is 1.00 bits per heavy atom. The first kappa shape index (κ1) is 29.1. The first-order valence-corrected chi connectivity index (χ1v) is 10.5. The number of aldehydes is 1. The van der Waals surface area contributed by atoms with Crippen LogP contribution in [0.1, 0.15) is 0 Å². The van der Waals surface area contributed by atoms with Crippen molar-refractivity contribution in [1.29, 1.82) is 0 Å². The second-order valence-corrected chi connectivity index (χ2v) is 8.22. The number of carbonyl (C=O) groups is 1. The maximum Gasteiger partial charge on any atom is 0.187 e. The highest BCUT2D eigenvalue weighted by Gasteiger charge is 2.49. The summed E-state index contributed by atoms with van der Waals surface area (Å²) in [5, 5.41) is 112. The van der Waals surface area contributed by atoms with Gasteiger partial charge in [-0.2, -0.15) is 0 Å². The zero-order valence-electron chi connectivity index (χ0n) is 17.9. The largest absolute Gasteiger partial charge is 0.394 e. The molecule has 0 aromatic rings. The molecule has 15 nitrogen and oxygen atoms in total. The predicted molar refractivity (Wildman–Crippen MR) is 108 cm³/mol. The van der Waals surface area contributed by atoms with E-state index in [1.54, 1.807) is 0 Å². The molecule has 34 heavy (non-hydrogen) atoms. The summed E-state index contributed by atoms with van der Waals surface area (Å²) in [6, 6.07) is -2.46. The summed E-state index contributed by atoms with van der Waals surface area (Å²) in [6.45, 7) is -2.39. The zero-order chi connectivity index (χ0) is 25.7. The minimum Gasteiger partial charge on any atom is -0.394 e. The Kier molecular flexibility index (Phi) is 10.9. The summed E-state index contributed by atoms with van der Waals surface area (Å²) in [5.41, 5.74) is -0.0209. The number of hydrogen-bond acceptors (Lipinski definition) is 15. The van der Waals surface area contributed by atoms with Gasteiger partial charge in [0.2, 0.25) is 0 Å². The third-order valence-corrected chi connectivity index (χ3v) is 5.95. The second kappa shape index (κ2) is 12.7. The lowest BCUT2D eigenvalue weighted by Crippen LogP contribution is -2.68. The third kappa shape index (κ3) is 6.15. The Hall–Kier alpha value is -1.15. The Morgan fingerprint density at radius 2 is 1.65 bits per heavy atom. The zero-order valence-corrected chi connectivity index (χ0v) is 17.9. The summed E-state index contributed by atoms with van der Waals surface area (Å²) >= 11 is 0. The van der Waals surface area contributed by atoms with Crippen LogP contribution in [0.3, 0.4) is 0 Å². The van der Waals surface area contributed by atoms with E-state index < -0.39 is 99.2 Å². The van der Waals surface area contributed by atoms with Crippen LogP contribution in [-0.2, 0) is 14.3 Å². The molecule has 0 aromatic carbocycles. The molecule has 0 saturated carbocycles. The van der Waals surface area contributed by atoms with Gasteiger partial charge in [-0.3, -0.25) is 0 Å². The van der Waals surface area contributed by atoms with Gasteiger partial charge in [0.1, 0.15) is 61.0 Å². The number of hydrogen-bond donors (Lipinski definition) is 12. The summed E-state index contributed by atoms with van der Waals surface area (Å²) in [6.07, 6.45) is -18.3. The number of aliphatic hydroxyl groups is 11. The fourth-order valence-corrected chi connectivity index (χ4v) is 3.90. The predicted octanol–water partition coefficient (Wildman–Crippen LogP) is -7.57. The molecule has 15 heteroatoms. The van der Waals surface area contributed by atoms with Crippen LogP contribution in [0, 0.1) is 0 Å². The second-order valence-electron chi connectivity index (χ2n) is 8.22.